The molecule has 1 rings (SSSR count). The van der Waals surface area contributed by atoms with Crippen LogP contribution in [0.25, 0.3) is 0 Å². The first-order valence-corrected chi connectivity index (χ1v) is 10.6. The van der Waals surface area contributed by atoms with Crippen LogP contribution in [-0.2, 0) is 33.3 Å². The molecule has 1 aliphatic heterocycles. The Labute approximate surface area is 174 Å². The van der Waals surface area contributed by atoms with E-state index in [0.717, 1.165) is 39.3 Å². The minimum absolute atomic E-state index is 0.0489. The van der Waals surface area contributed by atoms with Crippen LogP contribution < -0.4 is 5.32 Å². The largest absolute Gasteiger partial charge is 0.464 e. The van der Waals surface area contributed by atoms with E-state index < -0.39 is 36.0 Å². The van der Waals surface area contributed by atoms with Crippen LogP contribution >= 0.6 is 11.8 Å². The van der Waals surface area contributed by atoms with Crippen molar-refractivity contribution in [1.82, 2.24) is 10.2 Å². The van der Waals surface area contributed by atoms with Crippen molar-refractivity contribution in [3.05, 3.63) is 0 Å². The van der Waals surface area contributed by atoms with E-state index in [0.29, 0.717) is 18.2 Å². The van der Waals surface area contributed by atoms with E-state index >= 15 is 0 Å². The molecule has 1 N–H and O–H groups in total. The number of morpholine rings is 1. The van der Waals surface area contributed by atoms with Gasteiger partial charge in [-0.3, -0.25) is 14.5 Å². The number of hydrogen-bond acceptors (Lipinski definition) is 10. The molecule has 0 aromatic rings. The van der Waals surface area contributed by atoms with Crippen LogP contribution in [0.3, 0.4) is 0 Å². The van der Waals surface area contributed by atoms with Crippen LogP contribution in [-0.4, -0.2) is 86.1 Å². The number of carbonyl (C=O) groups excluding carboxylic acids is 4. The third-order valence-electron chi connectivity index (χ3n) is 3.93. The highest BCUT2D eigenvalue weighted by molar-refractivity contribution is 8.13. The summed E-state index contributed by atoms with van der Waals surface area (Å²) in [5, 5.41) is 1.74. The van der Waals surface area contributed by atoms with Gasteiger partial charge in [0, 0.05) is 32.2 Å². The quantitative estimate of drug-likeness (QED) is 0.270. The Morgan fingerprint density at radius 2 is 1.83 bits per heavy atom. The molecule has 1 atom stereocenters. The van der Waals surface area contributed by atoms with Gasteiger partial charge in [-0.25, -0.2) is 9.59 Å². The molecule has 10 nitrogen and oxygen atoms in total. The molecule has 0 bridgehead atoms. The Balaban J connectivity index is 2.25. The first-order valence-electron chi connectivity index (χ1n) is 9.61. The number of unbranched alkanes of at least 4 members (excludes halogenated alkanes) is 1. The highest BCUT2D eigenvalue weighted by Gasteiger charge is 2.23. The van der Waals surface area contributed by atoms with Crippen molar-refractivity contribution in [2.75, 3.05) is 52.0 Å². The standard InChI is InChI=1S/C18H30N2O8S/c1-3-16(22)27-13-28-18(24)29-12-15(19-14(2)21)17(23)26-9-5-4-6-20-7-10-25-11-8-20/h15H,3-13H2,1-2H3,(H,19,21)/t15-/m0/s1. The summed E-state index contributed by atoms with van der Waals surface area (Å²) >= 11 is 0.690. The molecule has 1 aliphatic rings. The maximum Gasteiger partial charge on any atom is 0.370 e. The van der Waals surface area contributed by atoms with Gasteiger partial charge in [-0.2, -0.15) is 0 Å². The molecule has 0 aliphatic carbocycles. The van der Waals surface area contributed by atoms with Gasteiger partial charge in [-0.15, -0.1) is 0 Å². The fraction of sp³-hybridized carbons (Fsp3) is 0.778. The maximum atomic E-state index is 12.2. The Morgan fingerprint density at radius 1 is 1.10 bits per heavy atom. The van der Waals surface area contributed by atoms with Crippen LogP contribution in [0, 0.1) is 0 Å². The first kappa shape index (κ1) is 25.2. The number of rotatable bonds is 12. The summed E-state index contributed by atoms with van der Waals surface area (Å²) in [6.07, 6.45) is 1.76. The third kappa shape index (κ3) is 12.3. The van der Waals surface area contributed by atoms with Gasteiger partial charge in [0.25, 0.3) is 0 Å². The smallest absolute Gasteiger partial charge is 0.370 e. The Kier molecular flexibility index (Phi) is 13.1. The van der Waals surface area contributed by atoms with Crippen molar-refractivity contribution >= 4 is 34.9 Å². The lowest BCUT2D eigenvalue weighted by molar-refractivity contribution is -0.151. The normalized spacial score (nSPS) is 15.2. The number of thioether (sulfide) groups is 1. The molecule has 29 heavy (non-hydrogen) atoms. The molecular weight excluding hydrogens is 404 g/mol. The van der Waals surface area contributed by atoms with Gasteiger partial charge in [0.15, 0.2) is 0 Å². The average molecular weight is 435 g/mol. The minimum atomic E-state index is -0.970. The maximum absolute atomic E-state index is 12.2. The summed E-state index contributed by atoms with van der Waals surface area (Å²) in [6, 6.07) is -0.970. The fourth-order valence-electron chi connectivity index (χ4n) is 2.39. The molecule has 0 aromatic heterocycles. The number of esters is 2. The van der Waals surface area contributed by atoms with E-state index in [9.17, 15) is 19.2 Å². The molecule has 0 unspecified atom stereocenters. The predicted molar refractivity (Wildman–Crippen MR) is 105 cm³/mol. The Hall–Kier alpha value is -1.85. The van der Waals surface area contributed by atoms with Crippen molar-refractivity contribution in [1.29, 1.82) is 0 Å². The summed E-state index contributed by atoms with van der Waals surface area (Å²) in [7, 11) is 0. The van der Waals surface area contributed by atoms with E-state index in [1.807, 2.05) is 0 Å². The van der Waals surface area contributed by atoms with Gasteiger partial charge in [0.2, 0.25) is 12.7 Å². The average Bonchev–Trinajstić information content (AvgIpc) is 2.71. The lowest BCUT2D eigenvalue weighted by Crippen LogP contribution is -2.43. The van der Waals surface area contributed by atoms with Crippen LogP contribution in [0.5, 0.6) is 0 Å². The Bertz CT molecular complexity index is 540. The highest BCUT2D eigenvalue weighted by atomic mass is 32.2. The number of nitrogens with zero attached hydrogens (tertiary/aromatic N) is 1. The summed E-state index contributed by atoms with van der Waals surface area (Å²) < 4.78 is 19.9. The zero-order chi connectivity index (χ0) is 21.5. The minimum Gasteiger partial charge on any atom is -0.464 e. The van der Waals surface area contributed by atoms with Crippen molar-refractivity contribution in [2.45, 2.75) is 39.2 Å². The molecule has 0 radical (unpaired) electrons. The summed E-state index contributed by atoms with van der Waals surface area (Å²) in [6.45, 7) is 6.87. The lowest BCUT2D eigenvalue weighted by atomic mass is 10.3. The van der Waals surface area contributed by atoms with Crippen molar-refractivity contribution < 1.29 is 38.1 Å². The molecule has 0 saturated carbocycles. The molecule has 1 heterocycles. The van der Waals surface area contributed by atoms with E-state index in [1.54, 1.807) is 6.92 Å². The van der Waals surface area contributed by atoms with Crippen LogP contribution in [0.4, 0.5) is 4.79 Å². The second-order valence-electron chi connectivity index (χ2n) is 6.27. The summed E-state index contributed by atoms with van der Waals surface area (Å²) in [5.41, 5.74) is 0. The van der Waals surface area contributed by atoms with Crippen LogP contribution in [0.1, 0.15) is 33.1 Å². The molecule has 11 heteroatoms. The van der Waals surface area contributed by atoms with Crippen LogP contribution in [0.2, 0.25) is 0 Å². The van der Waals surface area contributed by atoms with Gasteiger partial charge in [0.1, 0.15) is 6.04 Å². The van der Waals surface area contributed by atoms with E-state index in [-0.39, 0.29) is 18.8 Å². The number of carbonyl (C=O) groups is 4. The van der Waals surface area contributed by atoms with Crippen molar-refractivity contribution in [3.8, 4) is 0 Å². The first-order chi connectivity index (χ1) is 13.9. The lowest BCUT2D eigenvalue weighted by Gasteiger charge is -2.26. The molecular formula is C18H30N2O8S. The zero-order valence-electron chi connectivity index (χ0n) is 17.0. The second kappa shape index (κ2) is 15.1. The number of hydrogen-bond donors (Lipinski definition) is 1. The topological polar surface area (TPSA) is 120 Å². The van der Waals surface area contributed by atoms with E-state index in [1.165, 1.54) is 6.92 Å². The van der Waals surface area contributed by atoms with Gasteiger partial charge < -0.3 is 24.3 Å². The SMILES string of the molecule is CCC(=O)OCOC(=O)SC[C@H](NC(C)=O)C(=O)OCCCCN1CCOCC1. The van der Waals surface area contributed by atoms with Gasteiger partial charge in [-0.05, 0) is 31.1 Å². The number of nitrogens with one attached hydrogen (secondary N) is 1. The van der Waals surface area contributed by atoms with Gasteiger partial charge in [-0.1, -0.05) is 6.92 Å². The van der Waals surface area contributed by atoms with Gasteiger partial charge in [0.05, 0.1) is 19.8 Å². The van der Waals surface area contributed by atoms with Gasteiger partial charge >= 0.3 is 17.2 Å². The molecule has 0 spiro atoms. The number of amides is 1. The van der Waals surface area contributed by atoms with E-state index in [4.69, 9.17) is 14.2 Å². The predicted octanol–water partition coefficient (Wildman–Crippen LogP) is 0.927. The fourth-order valence-corrected chi connectivity index (χ4v) is 3.04. The molecule has 166 valence electrons. The number of ether oxygens (including phenoxy) is 4. The molecule has 1 saturated heterocycles. The third-order valence-corrected chi connectivity index (χ3v) is 4.79. The summed E-state index contributed by atoms with van der Waals surface area (Å²) in [5.74, 6) is -1.56. The Morgan fingerprint density at radius 3 is 2.48 bits per heavy atom. The van der Waals surface area contributed by atoms with Crippen molar-refractivity contribution in [3.63, 3.8) is 0 Å². The van der Waals surface area contributed by atoms with E-state index in [2.05, 4.69) is 15.0 Å². The summed E-state index contributed by atoms with van der Waals surface area (Å²) in [4.78, 5) is 48.4. The highest BCUT2D eigenvalue weighted by Crippen LogP contribution is 2.09. The van der Waals surface area contributed by atoms with Crippen LogP contribution in [0.15, 0.2) is 0 Å². The monoisotopic (exact) mass is 434 g/mol. The molecule has 1 amide bonds. The zero-order valence-corrected chi connectivity index (χ0v) is 17.8. The molecule has 0 aromatic carbocycles. The molecule has 1 fully saturated rings. The van der Waals surface area contributed by atoms with Crippen molar-refractivity contribution in [2.24, 2.45) is 0 Å². The second-order valence-corrected chi connectivity index (χ2v) is 7.23.